The summed E-state index contributed by atoms with van der Waals surface area (Å²) in [5, 5.41) is 7.60. The van der Waals surface area contributed by atoms with Crippen LogP contribution in [0.1, 0.15) is 11.1 Å². The number of nitrogen functional groups attached to an aromatic ring is 1. The zero-order valence-electron chi connectivity index (χ0n) is 11.0. The molecule has 0 amide bonds. The number of rotatable bonds is 4. The first kappa shape index (κ1) is 14.5. The van der Waals surface area contributed by atoms with Gasteiger partial charge in [0.05, 0.1) is 0 Å². The molecule has 104 valence electrons. The van der Waals surface area contributed by atoms with Crippen LogP contribution in [-0.4, -0.2) is 12.9 Å². The van der Waals surface area contributed by atoms with Gasteiger partial charge in [-0.15, -0.1) is 0 Å². The summed E-state index contributed by atoms with van der Waals surface area (Å²) >= 11 is 3.28. The number of nitrogens with two attached hydrogens (primary N) is 1. The molecule has 0 heterocycles. The van der Waals surface area contributed by atoms with E-state index in [1.54, 1.807) is 6.07 Å². The molecule has 3 nitrogen and oxygen atoms in total. The van der Waals surface area contributed by atoms with Gasteiger partial charge in [0, 0.05) is 29.3 Å². The summed E-state index contributed by atoms with van der Waals surface area (Å²) in [5.74, 6) is -0.254. The molecule has 0 radical (unpaired) electrons. The van der Waals surface area contributed by atoms with Crippen LogP contribution in [0.3, 0.4) is 0 Å². The molecule has 2 rings (SSSR count). The van der Waals surface area contributed by atoms with Crippen LogP contribution in [0.15, 0.2) is 46.9 Å². The van der Waals surface area contributed by atoms with Gasteiger partial charge in [-0.3, -0.25) is 5.41 Å². The fraction of sp³-hybridized carbons (Fsp3) is 0.133. The Morgan fingerprint density at radius 1 is 1.30 bits per heavy atom. The average Bonchev–Trinajstić information content (AvgIpc) is 2.37. The third-order valence-corrected chi connectivity index (χ3v) is 3.41. The number of hydrogen-bond acceptors (Lipinski definition) is 2. The van der Waals surface area contributed by atoms with E-state index >= 15 is 0 Å². The Hall–Kier alpha value is -1.88. The number of halogens is 2. The van der Waals surface area contributed by atoms with Crippen molar-refractivity contribution in [2.45, 2.75) is 6.54 Å². The molecule has 0 aromatic heterocycles. The van der Waals surface area contributed by atoms with Crippen LogP contribution in [0.5, 0.6) is 0 Å². The van der Waals surface area contributed by atoms with Gasteiger partial charge in [0.15, 0.2) is 0 Å². The van der Waals surface area contributed by atoms with E-state index in [4.69, 9.17) is 11.1 Å². The normalized spacial score (nSPS) is 10.3. The Kier molecular flexibility index (Phi) is 4.39. The zero-order valence-corrected chi connectivity index (χ0v) is 12.6. The lowest BCUT2D eigenvalue weighted by Crippen LogP contribution is -2.22. The number of amidine groups is 1. The summed E-state index contributed by atoms with van der Waals surface area (Å²) in [7, 11) is 1.89. The number of benzene rings is 2. The van der Waals surface area contributed by atoms with E-state index in [0.29, 0.717) is 16.6 Å². The lowest BCUT2D eigenvalue weighted by molar-refractivity contribution is 0.624. The minimum atomic E-state index is -0.275. The summed E-state index contributed by atoms with van der Waals surface area (Å²) < 4.78 is 14.1. The van der Waals surface area contributed by atoms with Crippen molar-refractivity contribution in [3.8, 4) is 0 Å². The van der Waals surface area contributed by atoms with Crippen LogP contribution in [0.2, 0.25) is 0 Å². The first-order valence-corrected chi connectivity index (χ1v) is 6.86. The fourth-order valence-corrected chi connectivity index (χ4v) is 2.61. The van der Waals surface area contributed by atoms with Gasteiger partial charge in [0.25, 0.3) is 0 Å². The van der Waals surface area contributed by atoms with E-state index in [2.05, 4.69) is 15.9 Å². The molecule has 20 heavy (non-hydrogen) atoms. The van der Waals surface area contributed by atoms with Crippen molar-refractivity contribution in [1.29, 1.82) is 5.41 Å². The highest BCUT2D eigenvalue weighted by atomic mass is 79.9. The molecule has 0 spiro atoms. The highest BCUT2D eigenvalue weighted by molar-refractivity contribution is 9.10. The smallest absolute Gasteiger partial charge is 0.124 e. The lowest BCUT2D eigenvalue weighted by Gasteiger charge is -2.22. The summed E-state index contributed by atoms with van der Waals surface area (Å²) in [6, 6.07) is 12.2. The van der Waals surface area contributed by atoms with E-state index in [9.17, 15) is 4.39 Å². The maximum Gasteiger partial charge on any atom is 0.124 e. The third kappa shape index (κ3) is 3.36. The Morgan fingerprint density at radius 3 is 2.65 bits per heavy atom. The van der Waals surface area contributed by atoms with Crippen molar-refractivity contribution in [2.24, 2.45) is 5.73 Å². The number of anilines is 1. The highest BCUT2D eigenvalue weighted by Crippen LogP contribution is 2.22. The van der Waals surface area contributed by atoms with Crippen LogP contribution < -0.4 is 10.6 Å². The van der Waals surface area contributed by atoms with Crippen LogP contribution in [0.25, 0.3) is 0 Å². The van der Waals surface area contributed by atoms with E-state index in [1.807, 2.05) is 36.2 Å². The molecule has 0 saturated carbocycles. The predicted octanol–water partition coefficient (Wildman–Crippen LogP) is 3.51. The molecule has 0 aliphatic rings. The van der Waals surface area contributed by atoms with Gasteiger partial charge in [-0.1, -0.05) is 28.1 Å². The molecule has 3 N–H and O–H groups in total. The molecule has 0 aliphatic heterocycles. The zero-order chi connectivity index (χ0) is 14.7. The number of para-hydroxylation sites is 1. The molecule has 0 unspecified atom stereocenters. The largest absolute Gasteiger partial charge is 0.384 e. The molecule has 0 fully saturated rings. The van der Waals surface area contributed by atoms with E-state index < -0.39 is 0 Å². The van der Waals surface area contributed by atoms with Gasteiger partial charge < -0.3 is 10.6 Å². The van der Waals surface area contributed by atoms with Gasteiger partial charge in [0.2, 0.25) is 0 Å². The second-order valence-corrected chi connectivity index (χ2v) is 5.48. The summed E-state index contributed by atoms with van der Waals surface area (Å²) in [6.07, 6.45) is 0. The second-order valence-electron chi connectivity index (χ2n) is 4.56. The Balaban J connectivity index is 2.28. The van der Waals surface area contributed by atoms with Gasteiger partial charge in [-0.25, -0.2) is 4.39 Å². The molecule has 0 saturated heterocycles. The van der Waals surface area contributed by atoms with Crippen LogP contribution in [-0.2, 0) is 6.54 Å². The molecule has 0 bridgehead atoms. The SMILES string of the molecule is CN(Cc1cc(F)cc(Br)c1)c1ccccc1C(=N)N. The number of nitrogens with zero attached hydrogens (tertiary/aromatic N) is 1. The molecule has 5 heteroatoms. The predicted molar refractivity (Wildman–Crippen MR) is 83.7 cm³/mol. The Labute approximate surface area is 125 Å². The van der Waals surface area contributed by atoms with Crippen molar-refractivity contribution in [3.63, 3.8) is 0 Å². The minimum Gasteiger partial charge on any atom is -0.384 e. The summed E-state index contributed by atoms with van der Waals surface area (Å²) in [4.78, 5) is 1.94. The summed E-state index contributed by atoms with van der Waals surface area (Å²) in [5.41, 5.74) is 7.95. The fourth-order valence-electron chi connectivity index (χ4n) is 2.10. The molecular weight excluding hydrogens is 321 g/mol. The van der Waals surface area contributed by atoms with Gasteiger partial charge >= 0.3 is 0 Å². The molecule has 2 aromatic rings. The Morgan fingerprint density at radius 2 is 2.00 bits per heavy atom. The second kappa shape index (κ2) is 6.05. The standard InChI is InChI=1S/C15H15BrFN3/c1-20(9-10-6-11(16)8-12(17)7-10)14-5-3-2-4-13(14)15(18)19/h2-8H,9H2,1H3,(H3,18,19). The third-order valence-electron chi connectivity index (χ3n) is 2.95. The van der Waals surface area contributed by atoms with Gasteiger partial charge in [0.1, 0.15) is 11.7 Å². The van der Waals surface area contributed by atoms with Crippen LogP contribution in [0, 0.1) is 11.2 Å². The van der Waals surface area contributed by atoms with Gasteiger partial charge in [-0.2, -0.15) is 0 Å². The lowest BCUT2D eigenvalue weighted by atomic mass is 10.1. The van der Waals surface area contributed by atoms with E-state index in [-0.39, 0.29) is 11.7 Å². The molecule has 0 aliphatic carbocycles. The highest BCUT2D eigenvalue weighted by Gasteiger charge is 2.10. The van der Waals surface area contributed by atoms with Crippen molar-refractivity contribution >= 4 is 27.5 Å². The van der Waals surface area contributed by atoms with Crippen LogP contribution in [0.4, 0.5) is 10.1 Å². The first-order valence-electron chi connectivity index (χ1n) is 6.07. The quantitative estimate of drug-likeness (QED) is 0.663. The van der Waals surface area contributed by atoms with E-state index in [1.165, 1.54) is 12.1 Å². The van der Waals surface area contributed by atoms with Crippen LogP contribution >= 0.6 is 15.9 Å². The summed E-state index contributed by atoms with van der Waals surface area (Å²) in [6.45, 7) is 0.528. The molecular formula is C15H15BrFN3. The van der Waals surface area contributed by atoms with Crippen molar-refractivity contribution in [3.05, 3.63) is 63.9 Å². The molecule has 2 aromatic carbocycles. The maximum absolute atomic E-state index is 13.4. The number of hydrogen-bond donors (Lipinski definition) is 2. The minimum absolute atomic E-state index is 0.0212. The first-order chi connectivity index (χ1) is 9.47. The molecule has 0 atom stereocenters. The number of nitrogens with one attached hydrogen (secondary N) is 1. The van der Waals surface area contributed by atoms with Crippen molar-refractivity contribution < 1.29 is 4.39 Å². The topological polar surface area (TPSA) is 53.1 Å². The van der Waals surface area contributed by atoms with Crippen molar-refractivity contribution in [2.75, 3.05) is 11.9 Å². The monoisotopic (exact) mass is 335 g/mol. The van der Waals surface area contributed by atoms with Crippen molar-refractivity contribution in [1.82, 2.24) is 0 Å². The van der Waals surface area contributed by atoms with E-state index in [0.717, 1.165) is 11.3 Å². The maximum atomic E-state index is 13.4. The Bertz CT molecular complexity index is 623. The van der Waals surface area contributed by atoms with Gasteiger partial charge in [-0.05, 0) is 35.9 Å². The average molecular weight is 336 g/mol.